The molecule has 3 nitrogen and oxygen atoms in total. The Morgan fingerprint density at radius 3 is 2.44 bits per heavy atom. The Labute approximate surface area is 117 Å². The van der Waals surface area contributed by atoms with Crippen molar-refractivity contribution in [2.45, 2.75) is 57.5 Å². The molecule has 4 heteroatoms. The molecule has 1 aliphatic carbocycles. The van der Waals surface area contributed by atoms with Crippen molar-refractivity contribution < 1.29 is 0 Å². The summed E-state index contributed by atoms with van der Waals surface area (Å²) in [4.78, 5) is 4.77. The summed E-state index contributed by atoms with van der Waals surface area (Å²) in [7, 11) is 2.20. The molecule has 0 radical (unpaired) electrons. The molecule has 0 bridgehead atoms. The van der Waals surface area contributed by atoms with E-state index in [9.17, 15) is 0 Å². The van der Waals surface area contributed by atoms with E-state index >= 15 is 0 Å². The number of hydrogen-bond acceptors (Lipinski definition) is 2. The molecule has 2 aliphatic rings. The highest BCUT2D eigenvalue weighted by Gasteiger charge is 2.32. The monoisotopic (exact) mass is 269 g/mol. The second-order valence-corrected chi connectivity index (χ2v) is 6.83. The fraction of sp³-hybridized carbons (Fsp3) is 0.929. The van der Waals surface area contributed by atoms with Gasteiger partial charge in [-0.2, -0.15) is 0 Å². The average Bonchev–Trinajstić information content (AvgIpc) is 2.34. The molecule has 1 N–H and O–H groups in total. The Morgan fingerprint density at radius 2 is 1.83 bits per heavy atom. The van der Waals surface area contributed by atoms with Gasteiger partial charge in [-0.1, -0.05) is 19.3 Å². The van der Waals surface area contributed by atoms with E-state index in [4.69, 9.17) is 12.2 Å². The standard InChI is InChI=1S/C14H27N3S/c1-14(2)11-17(10-9-16(14)3)13(18)15-12-7-5-4-6-8-12/h12H,4-11H2,1-3H3,(H,15,18). The normalized spacial score (nSPS) is 26.1. The van der Waals surface area contributed by atoms with E-state index in [1.54, 1.807) is 0 Å². The van der Waals surface area contributed by atoms with Gasteiger partial charge in [-0.05, 0) is 46.0 Å². The Morgan fingerprint density at radius 1 is 1.17 bits per heavy atom. The highest BCUT2D eigenvalue weighted by atomic mass is 32.1. The van der Waals surface area contributed by atoms with Crippen molar-refractivity contribution in [2.75, 3.05) is 26.7 Å². The molecule has 104 valence electrons. The molecular formula is C14H27N3S. The first-order valence-electron chi connectivity index (χ1n) is 7.26. The topological polar surface area (TPSA) is 18.5 Å². The highest BCUT2D eigenvalue weighted by Crippen LogP contribution is 2.21. The van der Waals surface area contributed by atoms with E-state index in [0.29, 0.717) is 6.04 Å². The molecule has 1 saturated heterocycles. The number of likely N-dealkylation sites (N-methyl/N-ethyl adjacent to an activating group) is 1. The predicted octanol–water partition coefficient (Wildman–Crippen LogP) is 2.22. The van der Waals surface area contributed by atoms with Crippen molar-refractivity contribution in [3.8, 4) is 0 Å². The molecule has 2 fully saturated rings. The van der Waals surface area contributed by atoms with Crippen LogP contribution in [-0.2, 0) is 0 Å². The number of nitrogens with zero attached hydrogens (tertiary/aromatic N) is 2. The summed E-state index contributed by atoms with van der Waals surface area (Å²) >= 11 is 5.59. The molecule has 18 heavy (non-hydrogen) atoms. The zero-order valence-corrected chi connectivity index (χ0v) is 12.9. The Hall–Kier alpha value is -0.350. The third-order valence-corrected chi connectivity index (χ3v) is 4.91. The molecule has 1 heterocycles. The van der Waals surface area contributed by atoms with Crippen LogP contribution < -0.4 is 5.32 Å². The molecule has 2 rings (SSSR count). The predicted molar refractivity (Wildman–Crippen MR) is 80.9 cm³/mol. The molecule has 0 aromatic heterocycles. The van der Waals surface area contributed by atoms with Crippen LogP contribution in [0.3, 0.4) is 0 Å². The number of rotatable bonds is 1. The fourth-order valence-corrected chi connectivity index (χ4v) is 3.25. The third kappa shape index (κ3) is 3.35. The molecule has 1 aliphatic heterocycles. The summed E-state index contributed by atoms with van der Waals surface area (Å²) in [6, 6.07) is 0.619. The summed E-state index contributed by atoms with van der Waals surface area (Å²) in [5.41, 5.74) is 0.219. The van der Waals surface area contributed by atoms with Gasteiger partial charge in [-0.15, -0.1) is 0 Å². The first kappa shape index (κ1) is 14.1. The van der Waals surface area contributed by atoms with Gasteiger partial charge in [0, 0.05) is 31.2 Å². The second kappa shape index (κ2) is 5.74. The molecular weight excluding hydrogens is 242 g/mol. The van der Waals surface area contributed by atoms with E-state index in [1.165, 1.54) is 32.1 Å². The molecule has 0 unspecified atom stereocenters. The Bertz CT molecular complexity index is 297. The van der Waals surface area contributed by atoms with Gasteiger partial charge in [-0.25, -0.2) is 0 Å². The summed E-state index contributed by atoms with van der Waals surface area (Å²) in [6.07, 6.45) is 6.68. The van der Waals surface area contributed by atoms with Gasteiger partial charge in [-0.3, -0.25) is 4.90 Å². The van der Waals surface area contributed by atoms with E-state index in [2.05, 4.69) is 36.0 Å². The van der Waals surface area contributed by atoms with E-state index in [1.807, 2.05) is 0 Å². The van der Waals surface area contributed by atoms with Crippen LogP contribution in [-0.4, -0.2) is 53.2 Å². The first-order chi connectivity index (χ1) is 8.49. The summed E-state index contributed by atoms with van der Waals surface area (Å²) in [5.74, 6) is 0. The van der Waals surface area contributed by atoms with Gasteiger partial charge in [0.15, 0.2) is 5.11 Å². The molecule has 0 spiro atoms. The molecule has 0 aromatic rings. The van der Waals surface area contributed by atoms with Crippen molar-refractivity contribution in [3.05, 3.63) is 0 Å². The molecule has 0 amide bonds. The quantitative estimate of drug-likeness (QED) is 0.736. The minimum Gasteiger partial charge on any atom is -0.360 e. The van der Waals surface area contributed by atoms with Crippen LogP contribution in [0.2, 0.25) is 0 Å². The minimum absolute atomic E-state index is 0.219. The van der Waals surface area contributed by atoms with Gasteiger partial charge in [0.1, 0.15) is 0 Å². The van der Waals surface area contributed by atoms with Crippen molar-refractivity contribution in [2.24, 2.45) is 0 Å². The maximum Gasteiger partial charge on any atom is 0.169 e. The molecule has 0 atom stereocenters. The maximum atomic E-state index is 5.59. The lowest BCUT2D eigenvalue weighted by atomic mass is 9.95. The highest BCUT2D eigenvalue weighted by molar-refractivity contribution is 7.80. The average molecular weight is 269 g/mol. The van der Waals surface area contributed by atoms with Crippen molar-refractivity contribution >= 4 is 17.3 Å². The van der Waals surface area contributed by atoms with Crippen molar-refractivity contribution in [1.29, 1.82) is 0 Å². The zero-order chi connectivity index (χ0) is 13.2. The van der Waals surface area contributed by atoms with Crippen LogP contribution in [0.25, 0.3) is 0 Å². The van der Waals surface area contributed by atoms with Crippen LogP contribution >= 0.6 is 12.2 Å². The van der Waals surface area contributed by atoms with Crippen LogP contribution in [0.5, 0.6) is 0 Å². The number of hydrogen-bond donors (Lipinski definition) is 1. The lowest BCUT2D eigenvalue weighted by Gasteiger charge is -2.46. The van der Waals surface area contributed by atoms with E-state index in [-0.39, 0.29) is 5.54 Å². The fourth-order valence-electron chi connectivity index (χ4n) is 2.93. The number of thiocarbonyl (C=S) groups is 1. The van der Waals surface area contributed by atoms with E-state index in [0.717, 1.165) is 24.7 Å². The summed E-state index contributed by atoms with van der Waals surface area (Å²) < 4.78 is 0. The minimum atomic E-state index is 0.219. The maximum absolute atomic E-state index is 5.59. The number of piperazine rings is 1. The molecule has 0 aromatic carbocycles. The van der Waals surface area contributed by atoms with Crippen LogP contribution in [0.1, 0.15) is 46.0 Å². The smallest absolute Gasteiger partial charge is 0.169 e. The Balaban J connectivity index is 1.85. The third-order valence-electron chi connectivity index (χ3n) is 4.54. The first-order valence-corrected chi connectivity index (χ1v) is 7.66. The van der Waals surface area contributed by atoms with Gasteiger partial charge in [0.25, 0.3) is 0 Å². The van der Waals surface area contributed by atoms with Crippen molar-refractivity contribution in [1.82, 2.24) is 15.1 Å². The van der Waals surface area contributed by atoms with Gasteiger partial charge >= 0.3 is 0 Å². The van der Waals surface area contributed by atoms with Gasteiger partial charge in [0.05, 0.1) is 0 Å². The lowest BCUT2D eigenvalue weighted by molar-refractivity contribution is 0.0735. The lowest BCUT2D eigenvalue weighted by Crippen LogP contribution is -2.61. The van der Waals surface area contributed by atoms with E-state index < -0.39 is 0 Å². The summed E-state index contributed by atoms with van der Waals surface area (Å²) in [6.45, 7) is 7.77. The van der Waals surface area contributed by atoms with Crippen LogP contribution in [0, 0.1) is 0 Å². The SMILES string of the molecule is CN1CCN(C(=S)NC2CCCCC2)CC1(C)C. The van der Waals surface area contributed by atoms with Crippen molar-refractivity contribution in [3.63, 3.8) is 0 Å². The summed E-state index contributed by atoms with van der Waals surface area (Å²) in [5, 5.41) is 4.56. The van der Waals surface area contributed by atoms with Gasteiger partial charge in [0.2, 0.25) is 0 Å². The van der Waals surface area contributed by atoms with Crippen LogP contribution in [0.15, 0.2) is 0 Å². The largest absolute Gasteiger partial charge is 0.360 e. The molecule has 1 saturated carbocycles. The number of nitrogens with one attached hydrogen (secondary N) is 1. The van der Waals surface area contributed by atoms with Gasteiger partial charge < -0.3 is 10.2 Å². The van der Waals surface area contributed by atoms with Crippen LogP contribution in [0.4, 0.5) is 0 Å². The Kier molecular flexibility index (Phi) is 4.49. The second-order valence-electron chi connectivity index (χ2n) is 6.44. The zero-order valence-electron chi connectivity index (χ0n) is 12.0.